The van der Waals surface area contributed by atoms with Crippen LogP contribution >= 0.6 is 21.6 Å². The number of aliphatic hydroxyl groups is 2. The Morgan fingerprint density at radius 2 is 1.07 bits per heavy atom. The van der Waals surface area contributed by atoms with Crippen LogP contribution in [0.2, 0.25) is 0 Å². The van der Waals surface area contributed by atoms with E-state index >= 15 is 33.6 Å². The van der Waals surface area contributed by atoms with Crippen LogP contribution < -0.4 is 70.4 Å². The van der Waals surface area contributed by atoms with Gasteiger partial charge in [0.1, 0.15) is 72.5 Å². The van der Waals surface area contributed by atoms with Gasteiger partial charge in [-0.1, -0.05) is 92.5 Å². The molecule has 20 N–H and O–H groups in total. The molecule has 2 bridgehead atoms. The lowest BCUT2D eigenvalue weighted by molar-refractivity contribution is -0.163. The number of carbonyl (C=O) groups is 16. The second kappa shape index (κ2) is 42.4. The number of benzene rings is 1. The zero-order chi connectivity index (χ0) is 79.6. The van der Waals surface area contributed by atoms with Crippen molar-refractivity contribution < 1.29 is 97.1 Å². The lowest BCUT2D eigenvalue weighted by Gasteiger charge is -2.36. The van der Waals surface area contributed by atoms with Crippen LogP contribution in [-0.2, 0) is 78.3 Å². The monoisotopic (exact) mass is 1560 g/mol. The van der Waals surface area contributed by atoms with Crippen LogP contribution in [0.25, 0.3) is 0 Å². The maximum absolute atomic E-state index is 15.4. The number of carbonyl (C=O) groups excluding carboxylic acids is 14. The number of nitrogens with two attached hydrogens (primary N) is 3. The summed E-state index contributed by atoms with van der Waals surface area (Å²) < 4.78 is 0. The van der Waals surface area contributed by atoms with E-state index in [1.165, 1.54) is 16.7 Å². The van der Waals surface area contributed by atoms with Crippen LogP contribution in [0.4, 0.5) is 4.79 Å². The molecule has 5 saturated heterocycles. The molecule has 5 aliphatic heterocycles. The second-order valence-corrected chi connectivity index (χ2v) is 30.0. The van der Waals surface area contributed by atoms with Gasteiger partial charge in [0.25, 0.3) is 11.8 Å². The number of carboxylic acid groups (broad SMARTS) is 2. The number of amides is 15. The highest BCUT2D eigenvalue weighted by Gasteiger charge is 2.49. The first kappa shape index (κ1) is 87.5. The van der Waals surface area contributed by atoms with Crippen molar-refractivity contribution in [1.29, 1.82) is 0 Å². The minimum absolute atomic E-state index is 0.000101. The van der Waals surface area contributed by atoms with Gasteiger partial charge in [0.15, 0.2) is 12.0 Å². The number of hydrogen-bond donors (Lipinski definition) is 17. The van der Waals surface area contributed by atoms with Crippen LogP contribution in [0.5, 0.6) is 0 Å². The first-order valence-electron chi connectivity index (χ1n) is 36.4. The summed E-state index contributed by atoms with van der Waals surface area (Å²) in [6.45, 7) is 5.08. The lowest BCUT2D eigenvalue weighted by Crippen LogP contribution is -2.65. The summed E-state index contributed by atoms with van der Waals surface area (Å²) in [6, 6.07) is -14.7. The molecule has 40 heteroatoms. The third-order valence-corrected chi connectivity index (χ3v) is 22.1. The van der Waals surface area contributed by atoms with Crippen molar-refractivity contribution in [3.63, 3.8) is 0 Å². The Morgan fingerprint density at radius 1 is 0.556 bits per heavy atom. The summed E-state index contributed by atoms with van der Waals surface area (Å²) in [5.74, 6) is -20.4. The molecular formula is C68H104N18O20S2. The summed E-state index contributed by atoms with van der Waals surface area (Å²) in [6.07, 6.45) is -2.47. The molecule has 1 aromatic carbocycles. The number of guanidine groups is 1. The highest BCUT2D eigenvalue weighted by atomic mass is 33.1. The maximum atomic E-state index is 15.4. The third-order valence-electron chi connectivity index (χ3n) is 19.6. The average molecular weight is 1560 g/mol. The molecule has 0 radical (unpaired) electrons. The van der Waals surface area contributed by atoms with Crippen molar-refractivity contribution >= 4 is 122 Å². The number of nitrogens with one attached hydrogen (secondary N) is 10. The molecule has 6 rings (SSSR count). The number of aliphatic carboxylic acids is 2. The van der Waals surface area contributed by atoms with Crippen LogP contribution in [0.3, 0.4) is 0 Å². The molecule has 598 valence electrons. The molecule has 15 amide bonds. The molecule has 5 fully saturated rings. The number of fused-ring (bicyclic) bond motifs is 8. The number of imide groups is 1. The number of nitrogens with zero attached hydrogens (tertiary/aromatic N) is 5. The van der Waals surface area contributed by atoms with Crippen molar-refractivity contribution in [2.75, 3.05) is 57.4 Å². The van der Waals surface area contributed by atoms with Gasteiger partial charge in [-0.2, -0.15) is 0 Å². The van der Waals surface area contributed by atoms with Gasteiger partial charge in [-0.15, -0.1) is 0 Å². The van der Waals surface area contributed by atoms with E-state index in [4.69, 9.17) is 17.2 Å². The highest BCUT2D eigenvalue weighted by molar-refractivity contribution is 8.76. The van der Waals surface area contributed by atoms with E-state index < -0.39 is 229 Å². The van der Waals surface area contributed by atoms with Crippen molar-refractivity contribution in [3.8, 4) is 0 Å². The number of aliphatic hydroxyl groups excluding tert-OH is 2. The van der Waals surface area contributed by atoms with Gasteiger partial charge in [0, 0.05) is 44.1 Å². The molecule has 5 heterocycles. The summed E-state index contributed by atoms with van der Waals surface area (Å²) in [4.78, 5) is 241. The van der Waals surface area contributed by atoms with Crippen LogP contribution in [0.1, 0.15) is 130 Å². The van der Waals surface area contributed by atoms with Gasteiger partial charge in [0.05, 0.1) is 25.7 Å². The average Bonchev–Trinajstić information content (AvgIpc) is 1.28. The number of urea groups is 1. The Bertz CT molecular complexity index is 3450. The Labute approximate surface area is 632 Å². The Hall–Kier alpha value is -9.41. The fourth-order valence-corrected chi connectivity index (χ4v) is 15.5. The molecule has 38 nitrogen and oxygen atoms in total. The smallest absolute Gasteiger partial charge is 0.329 e. The zero-order valence-electron chi connectivity index (χ0n) is 61.2. The number of aliphatic imine (C=N–C) groups is 1. The summed E-state index contributed by atoms with van der Waals surface area (Å²) in [5.41, 5.74) is 17.5. The van der Waals surface area contributed by atoms with E-state index in [-0.39, 0.29) is 127 Å². The number of rotatable bonds is 20. The van der Waals surface area contributed by atoms with Crippen LogP contribution in [0, 0.1) is 11.8 Å². The summed E-state index contributed by atoms with van der Waals surface area (Å²) >= 11 is 0. The number of carboxylic acids is 2. The lowest BCUT2D eigenvalue weighted by atomic mass is 9.95. The molecule has 0 saturated carbocycles. The minimum Gasteiger partial charge on any atom is -0.481 e. The Kier molecular flexibility index (Phi) is 34.3. The molecule has 0 spiro atoms. The maximum Gasteiger partial charge on any atom is 0.329 e. The molecule has 1 aromatic rings. The number of unbranched alkanes of at least 4 members (excludes halogenated alkanes) is 1. The quantitative estimate of drug-likeness (QED) is 0.0191. The first-order valence-corrected chi connectivity index (χ1v) is 38.9. The molecule has 16 atom stereocenters. The molecule has 108 heavy (non-hydrogen) atoms. The standard InChI is InChI=1S/C68H104N18O20S2/c1-6-35(3)51-64(102)84-27-16-23-47(84)63(101)83-26-14-21-45(83)60(98)81-52(36(4)7-2)65(103)86(48(32-87)66(104)105)62(100)40(19-11-12-24-69)75-61(99)53(37(5)88)82-58(96)44-34-108-107-33-43(57(95)80-51)78-56(94)41(29-38-17-9-8-10-18-38)79-68(106)85-28-15-22-46(85)59(97)76-42(30-50(90)91)54(92)73-31-49(89)74-39(55(93)77-44)20-13-25-72-67(70)71/h8-10,17-18,35-37,39-48,51-53,87-88H,6-7,11-16,19-34,69H2,1-5H3,(H,73,92)(H,74,89)(H,75,99)(H,76,97)(H,77,93)(H,78,94)(H,79,106)(H,80,95)(H,81,98)(H,82,96)(H,90,91)(H,104,105)(H4,70,71,72)/t35-,36-,37-,39-,40-,41-,42-,43-,44-,45-,46-,47-,48-,51-,52-,53-/m0/s1. The van der Waals surface area contributed by atoms with E-state index in [1.807, 2.05) is 0 Å². The van der Waals surface area contributed by atoms with E-state index in [0.717, 1.165) is 33.4 Å². The van der Waals surface area contributed by atoms with E-state index in [9.17, 15) is 63.6 Å². The van der Waals surface area contributed by atoms with Crippen molar-refractivity contribution in [2.45, 2.75) is 216 Å². The Balaban J connectivity index is 1.55. The molecule has 0 aromatic heterocycles. The van der Waals surface area contributed by atoms with Gasteiger partial charge in [0.2, 0.25) is 65.0 Å². The van der Waals surface area contributed by atoms with Crippen LogP contribution in [-0.4, -0.2) is 283 Å². The van der Waals surface area contributed by atoms with Crippen molar-refractivity contribution in [3.05, 3.63) is 35.9 Å². The van der Waals surface area contributed by atoms with Gasteiger partial charge >= 0.3 is 18.0 Å². The zero-order valence-corrected chi connectivity index (χ0v) is 62.8. The molecular weight excluding hydrogens is 1450 g/mol. The third kappa shape index (κ3) is 24.3. The van der Waals surface area contributed by atoms with Gasteiger partial charge in [-0.25, -0.2) is 9.59 Å². The van der Waals surface area contributed by atoms with E-state index in [0.29, 0.717) is 5.56 Å². The normalized spacial score (nSPS) is 27.6. The molecule has 0 aliphatic carbocycles. The van der Waals surface area contributed by atoms with Crippen molar-refractivity contribution in [1.82, 2.24) is 72.8 Å². The molecule has 5 aliphatic rings. The fourth-order valence-electron chi connectivity index (χ4n) is 13.2. The molecule has 0 unspecified atom stereocenters. The Morgan fingerprint density at radius 3 is 1.63 bits per heavy atom. The predicted octanol–water partition coefficient (Wildman–Crippen LogP) is -4.91. The number of hydrogen-bond acceptors (Lipinski definition) is 22. The van der Waals surface area contributed by atoms with Crippen molar-refractivity contribution in [2.24, 2.45) is 34.0 Å². The largest absolute Gasteiger partial charge is 0.481 e. The fraction of sp³-hybridized carbons (Fsp3) is 0.662. The van der Waals surface area contributed by atoms with Gasteiger partial charge < -0.3 is 105 Å². The predicted molar refractivity (Wildman–Crippen MR) is 391 cm³/mol. The second-order valence-electron chi connectivity index (χ2n) is 27.5. The highest BCUT2D eigenvalue weighted by Crippen LogP contribution is 2.30. The van der Waals surface area contributed by atoms with E-state index in [1.54, 1.807) is 51.1 Å². The summed E-state index contributed by atoms with van der Waals surface area (Å²) in [7, 11) is 1.61. The SMILES string of the molecule is CC[C@H](C)[C@@H]1NC(=O)[C@@H]2CSSC[C@H](NC(=O)[C@H](CCCN=C(N)N)NC(=O)CNC(=O)[C@H](CC(=O)O)NC(=O)[C@@H]3CCCN3C(=O)N[C@@H](Cc3ccccc3)C(=O)N2)C(=O)N[C@@H]([C@H](C)O)C(=O)N[C@@H](CCCCN)C(=O)N([C@@H](CO)C(=O)O)C(=O)[C@H]([C@@H](C)CC)NC(=O)[C@@H]2CCCN2C(=O)[C@@H]2CCCN2C1=O. The van der Waals surface area contributed by atoms with Gasteiger partial charge in [-0.3, -0.25) is 77.0 Å². The minimum atomic E-state index is -2.36. The van der Waals surface area contributed by atoms with E-state index in [2.05, 4.69) is 58.2 Å². The topological polar surface area (TPSA) is 578 Å². The van der Waals surface area contributed by atoms with Gasteiger partial charge in [-0.05, 0) is 101 Å². The van der Waals surface area contributed by atoms with Crippen LogP contribution in [0.15, 0.2) is 35.3 Å². The first-order chi connectivity index (χ1) is 51.3. The summed E-state index contributed by atoms with van der Waals surface area (Å²) in [5, 5.41) is 67.9.